The first-order chi connectivity index (χ1) is 16.5. The SMILES string of the molecule is CCc1cn(C2(C(NC=O)C3c4ccccc4Sc4ccccc43)CCCC2)c(=O)n(O)c1=O. The maximum atomic E-state index is 13.3. The molecule has 0 spiro atoms. The van der Waals surface area contributed by atoms with Crippen molar-refractivity contribution in [1.29, 1.82) is 0 Å². The van der Waals surface area contributed by atoms with Gasteiger partial charge in [0.2, 0.25) is 6.41 Å². The van der Waals surface area contributed by atoms with Gasteiger partial charge >= 0.3 is 5.69 Å². The molecular weight excluding hydrogens is 450 g/mol. The summed E-state index contributed by atoms with van der Waals surface area (Å²) in [4.78, 5) is 40.0. The first kappa shape index (κ1) is 22.5. The normalized spacial score (nSPS) is 17.6. The van der Waals surface area contributed by atoms with E-state index in [0.717, 1.165) is 33.8 Å². The number of benzene rings is 2. The summed E-state index contributed by atoms with van der Waals surface area (Å²) in [6.07, 6.45) is 5.73. The summed E-state index contributed by atoms with van der Waals surface area (Å²) in [5.41, 5.74) is 0.289. The van der Waals surface area contributed by atoms with Crippen molar-refractivity contribution in [2.24, 2.45) is 0 Å². The molecule has 1 fully saturated rings. The Morgan fingerprint density at radius 1 is 1.09 bits per heavy atom. The average Bonchev–Trinajstić information content (AvgIpc) is 3.35. The van der Waals surface area contributed by atoms with Gasteiger partial charge < -0.3 is 10.5 Å². The number of aryl methyl sites for hydroxylation is 1. The summed E-state index contributed by atoms with van der Waals surface area (Å²) in [6.45, 7) is 1.82. The Bertz CT molecular complexity index is 1310. The molecule has 2 aliphatic rings. The van der Waals surface area contributed by atoms with Crippen LogP contribution in [-0.4, -0.2) is 27.0 Å². The molecule has 2 N–H and O–H groups in total. The molecule has 2 heterocycles. The van der Waals surface area contributed by atoms with Gasteiger partial charge in [0, 0.05) is 27.5 Å². The number of hydrogen-bond donors (Lipinski definition) is 2. The average molecular weight is 478 g/mol. The minimum atomic E-state index is -0.799. The van der Waals surface area contributed by atoms with E-state index in [1.165, 1.54) is 4.57 Å². The molecule has 1 unspecified atom stereocenters. The molecule has 0 bridgehead atoms. The third-order valence-corrected chi connectivity index (χ3v) is 8.54. The van der Waals surface area contributed by atoms with E-state index in [1.54, 1.807) is 18.0 Å². The number of amides is 1. The second-order valence-corrected chi connectivity index (χ2v) is 10.1. The lowest BCUT2D eigenvalue weighted by molar-refractivity contribution is -0.111. The van der Waals surface area contributed by atoms with Crippen LogP contribution in [0.25, 0.3) is 0 Å². The van der Waals surface area contributed by atoms with Crippen molar-refractivity contribution in [3.8, 4) is 0 Å². The van der Waals surface area contributed by atoms with Gasteiger partial charge in [-0.25, -0.2) is 4.79 Å². The molecule has 1 atom stereocenters. The Morgan fingerprint density at radius 2 is 1.68 bits per heavy atom. The number of carbonyl (C=O) groups excluding carboxylic acids is 1. The van der Waals surface area contributed by atoms with Crippen molar-refractivity contribution in [3.05, 3.63) is 92.3 Å². The maximum absolute atomic E-state index is 13.3. The molecule has 3 aromatic rings. The van der Waals surface area contributed by atoms with Crippen LogP contribution in [0.5, 0.6) is 0 Å². The molecule has 7 nitrogen and oxygen atoms in total. The lowest BCUT2D eigenvalue weighted by Crippen LogP contribution is -2.59. The number of hydrogen-bond acceptors (Lipinski definition) is 5. The topological polar surface area (TPSA) is 93.3 Å². The number of nitrogens with one attached hydrogen (secondary N) is 1. The van der Waals surface area contributed by atoms with Crippen LogP contribution in [0.15, 0.2) is 74.1 Å². The van der Waals surface area contributed by atoms with Gasteiger partial charge in [0.1, 0.15) is 0 Å². The number of nitrogens with zero attached hydrogens (tertiary/aromatic N) is 2. The van der Waals surface area contributed by atoms with Gasteiger partial charge in [-0.15, -0.1) is 0 Å². The fourth-order valence-electron chi connectivity index (χ4n) is 5.78. The third kappa shape index (κ3) is 3.39. The van der Waals surface area contributed by atoms with Gasteiger partial charge in [0.15, 0.2) is 0 Å². The number of fused-ring (bicyclic) bond motifs is 2. The molecule has 0 saturated heterocycles. The monoisotopic (exact) mass is 477 g/mol. The highest BCUT2D eigenvalue weighted by Crippen LogP contribution is 2.52. The standard InChI is InChI=1S/C26H27N3O4S/c1-2-17-15-28(25(32)29(33)24(17)31)26(13-7-8-14-26)23(27-16-30)22-18-9-3-5-11-20(18)34-21-12-6-4-10-19(21)22/h3-6,9-12,15-16,22-23,33H,2,7-8,13-14H2,1H3,(H,27,30). The quantitative estimate of drug-likeness (QED) is 0.419. The fourth-order valence-corrected chi connectivity index (χ4v) is 6.94. The van der Waals surface area contributed by atoms with E-state index in [0.29, 0.717) is 31.2 Å². The van der Waals surface area contributed by atoms with Crippen LogP contribution in [0.1, 0.15) is 55.2 Å². The maximum Gasteiger partial charge on any atom is 0.365 e. The highest BCUT2D eigenvalue weighted by molar-refractivity contribution is 7.99. The van der Waals surface area contributed by atoms with Gasteiger partial charge in [-0.3, -0.25) is 14.2 Å². The summed E-state index contributed by atoms with van der Waals surface area (Å²) in [6, 6.07) is 15.9. The predicted molar refractivity (Wildman–Crippen MR) is 130 cm³/mol. The zero-order chi connectivity index (χ0) is 23.9. The van der Waals surface area contributed by atoms with Crippen LogP contribution in [0.4, 0.5) is 0 Å². The Morgan fingerprint density at radius 3 is 2.24 bits per heavy atom. The van der Waals surface area contributed by atoms with E-state index in [4.69, 9.17) is 0 Å². The molecule has 8 heteroatoms. The van der Waals surface area contributed by atoms with Crippen LogP contribution in [0.3, 0.4) is 0 Å². The minimum Gasteiger partial charge on any atom is -0.421 e. The summed E-state index contributed by atoms with van der Waals surface area (Å²) in [5, 5.41) is 13.5. The van der Waals surface area contributed by atoms with E-state index in [-0.39, 0.29) is 10.6 Å². The zero-order valence-corrected chi connectivity index (χ0v) is 19.8. The lowest BCUT2D eigenvalue weighted by atomic mass is 9.73. The number of carbonyl (C=O) groups is 1. The molecule has 1 amide bonds. The second kappa shape index (κ2) is 8.83. The third-order valence-electron chi connectivity index (χ3n) is 7.36. The minimum absolute atomic E-state index is 0.201. The Labute approximate surface area is 201 Å². The number of rotatable bonds is 6. The fraction of sp³-hybridized carbons (Fsp3) is 0.346. The molecule has 0 radical (unpaired) electrons. The van der Waals surface area contributed by atoms with Gasteiger partial charge in [-0.1, -0.05) is 72.7 Å². The van der Waals surface area contributed by atoms with E-state index in [1.807, 2.05) is 31.2 Å². The summed E-state index contributed by atoms with van der Waals surface area (Å²) >= 11 is 1.70. The molecular formula is C26H27N3O4S. The van der Waals surface area contributed by atoms with E-state index < -0.39 is 22.8 Å². The zero-order valence-electron chi connectivity index (χ0n) is 18.9. The first-order valence-electron chi connectivity index (χ1n) is 11.6. The van der Waals surface area contributed by atoms with E-state index in [2.05, 4.69) is 29.6 Å². The molecule has 1 aliphatic heterocycles. The second-order valence-electron chi connectivity index (χ2n) is 9.01. The molecule has 5 rings (SSSR count). The van der Waals surface area contributed by atoms with Crippen molar-refractivity contribution in [2.75, 3.05) is 0 Å². The van der Waals surface area contributed by atoms with Crippen molar-refractivity contribution in [1.82, 2.24) is 14.6 Å². The van der Waals surface area contributed by atoms with Gasteiger partial charge in [-0.05, 0) is 42.5 Å². The van der Waals surface area contributed by atoms with Crippen molar-refractivity contribution >= 4 is 18.2 Å². The van der Waals surface area contributed by atoms with Crippen LogP contribution < -0.4 is 16.6 Å². The summed E-state index contributed by atoms with van der Waals surface area (Å²) in [5.74, 6) is -0.201. The molecule has 1 aromatic heterocycles. The van der Waals surface area contributed by atoms with Crippen LogP contribution >= 0.6 is 11.8 Å². The van der Waals surface area contributed by atoms with Gasteiger partial charge in [0.25, 0.3) is 5.56 Å². The van der Waals surface area contributed by atoms with E-state index in [9.17, 15) is 19.6 Å². The molecule has 34 heavy (non-hydrogen) atoms. The molecule has 1 aliphatic carbocycles. The smallest absolute Gasteiger partial charge is 0.365 e. The van der Waals surface area contributed by atoms with Gasteiger partial charge in [0.05, 0.1) is 11.6 Å². The van der Waals surface area contributed by atoms with Crippen molar-refractivity contribution < 1.29 is 10.0 Å². The molecule has 1 saturated carbocycles. The highest BCUT2D eigenvalue weighted by Gasteiger charge is 2.49. The predicted octanol–water partition coefficient (Wildman–Crippen LogP) is 3.49. The Hall–Kier alpha value is -3.26. The Kier molecular flexibility index (Phi) is 5.85. The van der Waals surface area contributed by atoms with Crippen molar-refractivity contribution in [2.45, 2.75) is 66.3 Å². The molecule has 2 aromatic carbocycles. The Balaban J connectivity index is 1.79. The van der Waals surface area contributed by atoms with Crippen LogP contribution in [0, 0.1) is 0 Å². The first-order valence-corrected chi connectivity index (χ1v) is 12.5. The van der Waals surface area contributed by atoms with Crippen molar-refractivity contribution in [3.63, 3.8) is 0 Å². The number of aromatic nitrogens is 2. The lowest BCUT2D eigenvalue weighted by Gasteiger charge is -2.45. The summed E-state index contributed by atoms with van der Waals surface area (Å²) in [7, 11) is 0. The summed E-state index contributed by atoms with van der Waals surface area (Å²) < 4.78 is 1.74. The van der Waals surface area contributed by atoms with E-state index >= 15 is 0 Å². The van der Waals surface area contributed by atoms with Gasteiger partial charge in [-0.2, -0.15) is 0 Å². The van der Waals surface area contributed by atoms with Crippen LogP contribution in [-0.2, 0) is 16.8 Å². The highest BCUT2D eigenvalue weighted by atomic mass is 32.2. The molecule has 176 valence electrons. The van der Waals surface area contributed by atoms with Crippen LogP contribution in [0.2, 0.25) is 0 Å². The largest absolute Gasteiger partial charge is 0.421 e.